The van der Waals surface area contributed by atoms with Crippen LogP contribution in [0, 0.1) is 0 Å². The Kier molecular flexibility index (Phi) is 4.02. The first-order valence-electron chi connectivity index (χ1n) is 7.43. The fourth-order valence-electron chi connectivity index (χ4n) is 2.52. The van der Waals surface area contributed by atoms with E-state index in [4.69, 9.17) is 0 Å². The molecule has 0 fully saturated rings. The summed E-state index contributed by atoms with van der Waals surface area (Å²) >= 11 is 1.79. The highest BCUT2D eigenvalue weighted by Crippen LogP contribution is 2.41. The smallest absolute Gasteiger partial charge is 0.0748 e. The van der Waals surface area contributed by atoms with Crippen LogP contribution in [0.3, 0.4) is 0 Å². The Morgan fingerprint density at radius 2 is 1.57 bits per heavy atom. The molecule has 3 heteroatoms. The van der Waals surface area contributed by atoms with Gasteiger partial charge in [-0.2, -0.15) is 0 Å². The van der Waals surface area contributed by atoms with Crippen LogP contribution in [0.4, 0.5) is 0 Å². The molecule has 0 bridgehead atoms. The fourth-order valence-corrected chi connectivity index (χ4v) is 4.56. The molecule has 23 heavy (non-hydrogen) atoms. The van der Waals surface area contributed by atoms with Gasteiger partial charge in [0, 0.05) is 21.7 Å². The Morgan fingerprint density at radius 3 is 2.30 bits per heavy atom. The Labute approximate surface area is 141 Å². The minimum Gasteiger partial charge on any atom is -0.256 e. The van der Waals surface area contributed by atoms with Crippen molar-refractivity contribution < 1.29 is 0 Å². The third-order valence-corrected chi connectivity index (χ3v) is 5.90. The SMILES string of the molecule is c1ccc(-c2cc(-c3ccccn3)pc(-c3cccs3)c2)cc1. The highest BCUT2D eigenvalue weighted by Gasteiger charge is 2.09. The van der Waals surface area contributed by atoms with Gasteiger partial charge in [0.1, 0.15) is 0 Å². The Hall–Kier alpha value is -2.28. The number of hydrogen-bond acceptors (Lipinski definition) is 2. The highest BCUT2D eigenvalue weighted by atomic mass is 32.1. The molecule has 4 aromatic rings. The number of rotatable bonds is 3. The summed E-state index contributed by atoms with van der Waals surface area (Å²) in [6, 6.07) is 25.5. The molecule has 0 saturated carbocycles. The first-order valence-corrected chi connectivity index (χ1v) is 9.20. The molecule has 4 rings (SSSR count). The second-order valence-electron chi connectivity index (χ2n) is 5.18. The second kappa shape index (κ2) is 6.45. The van der Waals surface area contributed by atoms with Crippen LogP contribution in [0.15, 0.2) is 84.4 Å². The number of nitrogens with zero attached hydrogens (tertiary/aromatic N) is 1. The highest BCUT2D eigenvalue weighted by molar-refractivity contribution is 7.38. The summed E-state index contributed by atoms with van der Waals surface area (Å²) in [6.45, 7) is 0. The van der Waals surface area contributed by atoms with Crippen LogP contribution < -0.4 is 0 Å². The van der Waals surface area contributed by atoms with Gasteiger partial charge in [0.25, 0.3) is 0 Å². The topological polar surface area (TPSA) is 12.9 Å². The molecule has 0 N–H and O–H groups in total. The van der Waals surface area contributed by atoms with Crippen LogP contribution in [-0.4, -0.2) is 4.98 Å². The van der Waals surface area contributed by atoms with Crippen LogP contribution in [0.25, 0.3) is 32.3 Å². The Bertz CT molecular complexity index is 845. The average molecular weight is 331 g/mol. The van der Waals surface area contributed by atoms with Crippen molar-refractivity contribution in [2.24, 2.45) is 0 Å². The monoisotopic (exact) mass is 331 g/mol. The van der Waals surface area contributed by atoms with Gasteiger partial charge in [0.05, 0.1) is 5.69 Å². The van der Waals surface area contributed by atoms with E-state index in [1.54, 1.807) is 11.3 Å². The standard InChI is InChI=1S/C20H14NPS/c1-2-7-15(8-3-1)16-13-18(17-9-4-5-11-21-17)22-19(14-16)20-10-6-12-23-20/h1-14H. The fraction of sp³-hybridized carbons (Fsp3) is 0. The molecule has 0 aliphatic heterocycles. The molecule has 0 spiro atoms. The molecule has 0 aliphatic rings. The minimum absolute atomic E-state index is 1.05. The van der Waals surface area contributed by atoms with E-state index in [1.165, 1.54) is 34.8 Å². The van der Waals surface area contributed by atoms with Gasteiger partial charge < -0.3 is 0 Å². The number of benzene rings is 1. The van der Waals surface area contributed by atoms with Gasteiger partial charge in [-0.1, -0.05) is 50.7 Å². The third kappa shape index (κ3) is 3.10. The van der Waals surface area contributed by atoms with Crippen molar-refractivity contribution in [3.63, 3.8) is 0 Å². The van der Waals surface area contributed by atoms with E-state index in [0.717, 1.165) is 5.69 Å². The molecular formula is C20H14NPS. The van der Waals surface area contributed by atoms with Gasteiger partial charge in [-0.15, -0.1) is 11.3 Å². The summed E-state index contributed by atoms with van der Waals surface area (Å²) in [5, 5.41) is 4.71. The number of hydrogen-bond donors (Lipinski definition) is 0. The zero-order valence-electron chi connectivity index (χ0n) is 12.4. The molecule has 1 nitrogen and oxygen atoms in total. The van der Waals surface area contributed by atoms with Crippen molar-refractivity contribution in [1.29, 1.82) is 0 Å². The van der Waals surface area contributed by atoms with Gasteiger partial charge in [-0.25, -0.2) is 0 Å². The lowest BCUT2D eigenvalue weighted by atomic mass is 10.1. The van der Waals surface area contributed by atoms with Crippen molar-refractivity contribution in [2.45, 2.75) is 0 Å². The molecule has 0 aliphatic carbocycles. The van der Waals surface area contributed by atoms with Crippen molar-refractivity contribution in [3.8, 4) is 32.3 Å². The molecular weight excluding hydrogens is 317 g/mol. The normalized spacial score (nSPS) is 11.0. The van der Waals surface area contributed by atoms with Crippen LogP contribution in [0.5, 0.6) is 0 Å². The lowest BCUT2D eigenvalue weighted by Crippen LogP contribution is -1.83. The van der Waals surface area contributed by atoms with Gasteiger partial charge in [0.15, 0.2) is 0 Å². The summed E-state index contributed by atoms with van der Waals surface area (Å²) in [4.78, 5) is 5.85. The largest absolute Gasteiger partial charge is 0.256 e. The molecule has 110 valence electrons. The molecule has 0 atom stereocenters. The molecule has 0 unspecified atom stereocenters. The predicted octanol–water partition coefficient (Wildman–Crippen LogP) is 6.72. The molecule has 0 amide bonds. The molecule has 3 aromatic heterocycles. The summed E-state index contributed by atoms with van der Waals surface area (Å²) in [5.41, 5.74) is 3.53. The molecule has 3 heterocycles. The molecule has 1 aromatic carbocycles. The predicted molar refractivity (Wildman–Crippen MR) is 101 cm³/mol. The number of pyridine rings is 1. The molecule has 0 radical (unpaired) electrons. The van der Waals surface area contributed by atoms with Crippen molar-refractivity contribution in [1.82, 2.24) is 4.98 Å². The zero-order valence-corrected chi connectivity index (χ0v) is 14.1. The number of aromatic nitrogens is 1. The van der Waals surface area contributed by atoms with Crippen LogP contribution in [0.2, 0.25) is 0 Å². The van der Waals surface area contributed by atoms with Crippen molar-refractivity contribution in [2.75, 3.05) is 0 Å². The summed E-state index contributed by atoms with van der Waals surface area (Å²) in [7, 11) is 1.21. The summed E-state index contributed by atoms with van der Waals surface area (Å²) < 4.78 is 0. The maximum absolute atomic E-state index is 4.53. The van der Waals surface area contributed by atoms with Crippen LogP contribution in [0.1, 0.15) is 0 Å². The Balaban J connectivity index is 1.91. The van der Waals surface area contributed by atoms with E-state index >= 15 is 0 Å². The quantitative estimate of drug-likeness (QED) is 0.406. The maximum atomic E-state index is 4.53. The summed E-state index contributed by atoms with van der Waals surface area (Å²) in [5.74, 6) is 0. The maximum Gasteiger partial charge on any atom is 0.0748 e. The summed E-state index contributed by atoms with van der Waals surface area (Å²) in [6.07, 6.45) is 1.86. The van der Waals surface area contributed by atoms with E-state index in [2.05, 4.69) is 71.0 Å². The van der Waals surface area contributed by atoms with Gasteiger partial charge in [0.2, 0.25) is 0 Å². The lowest BCUT2D eigenvalue weighted by molar-refractivity contribution is 1.34. The van der Waals surface area contributed by atoms with Crippen molar-refractivity contribution in [3.05, 3.63) is 84.4 Å². The third-order valence-electron chi connectivity index (χ3n) is 3.63. The molecule has 0 saturated heterocycles. The van der Waals surface area contributed by atoms with E-state index in [1.807, 2.05) is 18.3 Å². The Morgan fingerprint density at radius 1 is 0.739 bits per heavy atom. The van der Waals surface area contributed by atoms with E-state index < -0.39 is 0 Å². The first kappa shape index (κ1) is 14.3. The van der Waals surface area contributed by atoms with Gasteiger partial charge in [-0.05, 0) is 46.8 Å². The number of thiophene rings is 1. The van der Waals surface area contributed by atoms with E-state index in [-0.39, 0.29) is 0 Å². The van der Waals surface area contributed by atoms with Crippen LogP contribution >= 0.6 is 19.5 Å². The average Bonchev–Trinajstić information content (AvgIpc) is 3.18. The minimum atomic E-state index is 1.05. The van der Waals surface area contributed by atoms with Crippen LogP contribution in [-0.2, 0) is 0 Å². The van der Waals surface area contributed by atoms with Gasteiger partial charge >= 0.3 is 0 Å². The van der Waals surface area contributed by atoms with E-state index in [9.17, 15) is 0 Å². The zero-order chi connectivity index (χ0) is 15.5. The van der Waals surface area contributed by atoms with E-state index in [0.29, 0.717) is 0 Å². The van der Waals surface area contributed by atoms with Gasteiger partial charge in [-0.3, -0.25) is 4.98 Å². The second-order valence-corrected chi connectivity index (χ2v) is 7.32. The van der Waals surface area contributed by atoms with Crippen molar-refractivity contribution >= 4 is 19.5 Å². The first-order chi connectivity index (χ1) is 11.4. The lowest BCUT2D eigenvalue weighted by Gasteiger charge is -2.08.